The van der Waals surface area contributed by atoms with Gasteiger partial charge in [-0.3, -0.25) is 4.90 Å². The Hall–Kier alpha value is -2.21. The molecule has 5 heteroatoms. The third kappa shape index (κ3) is 4.98. The van der Waals surface area contributed by atoms with Gasteiger partial charge in [-0.15, -0.1) is 11.3 Å². The van der Waals surface area contributed by atoms with Gasteiger partial charge in [0.15, 0.2) is 0 Å². The fourth-order valence-electron chi connectivity index (χ4n) is 3.76. The summed E-state index contributed by atoms with van der Waals surface area (Å²) < 4.78 is 5.35. The van der Waals surface area contributed by atoms with Gasteiger partial charge in [-0.1, -0.05) is 42.5 Å². The highest BCUT2D eigenvalue weighted by Crippen LogP contribution is 2.22. The molecule has 146 valence electrons. The van der Waals surface area contributed by atoms with Gasteiger partial charge in [-0.25, -0.2) is 4.98 Å². The molecule has 1 saturated heterocycles. The molecule has 0 unspecified atom stereocenters. The number of methoxy groups -OCH3 is 1. The largest absolute Gasteiger partial charge is 0.497 e. The van der Waals surface area contributed by atoms with E-state index in [1.165, 1.54) is 24.0 Å². The first-order valence-electron chi connectivity index (χ1n) is 9.88. The van der Waals surface area contributed by atoms with Crippen molar-refractivity contribution in [1.29, 1.82) is 0 Å². The number of benzene rings is 2. The van der Waals surface area contributed by atoms with E-state index in [4.69, 9.17) is 9.72 Å². The molecular weight excluding hydrogens is 366 g/mol. The first-order chi connectivity index (χ1) is 13.8. The summed E-state index contributed by atoms with van der Waals surface area (Å²) in [5, 5.41) is 7.03. The summed E-state index contributed by atoms with van der Waals surface area (Å²) in [6.45, 7) is 4.05. The van der Waals surface area contributed by atoms with E-state index in [0.717, 1.165) is 42.6 Å². The molecule has 28 heavy (non-hydrogen) atoms. The average molecular weight is 394 g/mol. The molecule has 1 aliphatic heterocycles. The monoisotopic (exact) mass is 393 g/mol. The number of hydrogen-bond acceptors (Lipinski definition) is 5. The van der Waals surface area contributed by atoms with E-state index in [0.29, 0.717) is 6.04 Å². The Morgan fingerprint density at radius 1 is 1.18 bits per heavy atom. The van der Waals surface area contributed by atoms with Gasteiger partial charge >= 0.3 is 0 Å². The van der Waals surface area contributed by atoms with Crippen LogP contribution in [0.4, 0.5) is 0 Å². The van der Waals surface area contributed by atoms with Crippen LogP contribution in [0.2, 0.25) is 0 Å². The molecule has 0 saturated carbocycles. The summed E-state index contributed by atoms with van der Waals surface area (Å²) in [6, 6.07) is 19.3. The van der Waals surface area contributed by atoms with Gasteiger partial charge in [0.1, 0.15) is 10.8 Å². The van der Waals surface area contributed by atoms with Gasteiger partial charge in [-0.05, 0) is 37.1 Å². The van der Waals surface area contributed by atoms with E-state index in [9.17, 15) is 0 Å². The lowest BCUT2D eigenvalue weighted by Crippen LogP contribution is -2.45. The SMILES string of the molecule is COc1cccc(CN2CCC[C@H](NCc3nc(-c4ccccc4)cs3)C2)c1. The molecule has 2 heterocycles. The van der Waals surface area contributed by atoms with Gasteiger partial charge in [0.2, 0.25) is 0 Å². The molecule has 3 aromatic rings. The Bertz CT molecular complexity index is 880. The number of aromatic nitrogens is 1. The smallest absolute Gasteiger partial charge is 0.119 e. The summed E-state index contributed by atoms with van der Waals surface area (Å²) in [5.41, 5.74) is 3.57. The van der Waals surface area contributed by atoms with Gasteiger partial charge in [-0.2, -0.15) is 0 Å². The molecule has 4 rings (SSSR count). The summed E-state index contributed by atoms with van der Waals surface area (Å²) in [5.74, 6) is 0.933. The van der Waals surface area contributed by atoms with Crippen LogP contribution in [0, 0.1) is 0 Å². The van der Waals surface area contributed by atoms with Crippen LogP contribution < -0.4 is 10.1 Å². The van der Waals surface area contributed by atoms with Crippen molar-refractivity contribution in [1.82, 2.24) is 15.2 Å². The van der Waals surface area contributed by atoms with Crippen molar-refractivity contribution in [3.05, 3.63) is 70.5 Å². The van der Waals surface area contributed by atoms with Gasteiger partial charge in [0.25, 0.3) is 0 Å². The summed E-state index contributed by atoms with van der Waals surface area (Å²) >= 11 is 1.74. The molecule has 1 aliphatic rings. The number of piperidine rings is 1. The Labute approximate surface area is 171 Å². The number of nitrogens with one attached hydrogen (secondary N) is 1. The quantitative estimate of drug-likeness (QED) is 0.638. The molecule has 1 atom stereocenters. The highest BCUT2D eigenvalue weighted by Gasteiger charge is 2.20. The Balaban J connectivity index is 1.30. The number of rotatable bonds is 7. The van der Waals surface area contributed by atoms with E-state index in [-0.39, 0.29) is 0 Å². The van der Waals surface area contributed by atoms with Gasteiger partial charge < -0.3 is 10.1 Å². The Morgan fingerprint density at radius 3 is 2.93 bits per heavy atom. The molecular formula is C23H27N3OS. The standard InChI is InChI=1S/C23H27N3OS/c1-27-21-11-5-7-18(13-21)15-26-12-6-10-20(16-26)24-14-23-25-22(17-28-23)19-8-3-2-4-9-19/h2-5,7-9,11,13,17,20,24H,6,10,12,14-16H2,1H3/t20-/m0/s1. The minimum absolute atomic E-state index is 0.517. The fourth-order valence-corrected chi connectivity index (χ4v) is 4.51. The van der Waals surface area contributed by atoms with Crippen molar-refractivity contribution < 1.29 is 4.74 Å². The number of ether oxygens (including phenoxy) is 1. The summed E-state index contributed by atoms with van der Waals surface area (Å²) in [4.78, 5) is 7.33. The van der Waals surface area contributed by atoms with Crippen LogP contribution in [0.3, 0.4) is 0 Å². The molecule has 2 aromatic carbocycles. The van der Waals surface area contributed by atoms with Crippen LogP contribution in [-0.4, -0.2) is 36.1 Å². The predicted molar refractivity (Wildman–Crippen MR) is 116 cm³/mol. The second kappa shape index (κ2) is 9.32. The van der Waals surface area contributed by atoms with Crippen LogP contribution in [-0.2, 0) is 13.1 Å². The van der Waals surface area contributed by atoms with Crippen LogP contribution in [0.5, 0.6) is 5.75 Å². The Morgan fingerprint density at radius 2 is 2.07 bits per heavy atom. The van der Waals surface area contributed by atoms with Gasteiger partial charge in [0, 0.05) is 36.6 Å². The van der Waals surface area contributed by atoms with Gasteiger partial charge in [0.05, 0.1) is 12.8 Å². The minimum atomic E-state index is 0.517. The average Bonchev–Trinajstić information content (AvgIpc) is 3.22. The van der Waals surface area contributed by atoms with Crippen molar-refractivity contribution in [2.75, 3.05) is 20.2 Å². The van der Waals surface area contributed by atoms with E-state index >= 15 is 0 Å². The normalized spacial score (nSPS) is 17.5. The molecule has 1 fully saturated rings. The highest BCUT2D eigenvalue weighted by atomic mass is 32.1. The van der Waals surface area contributed by atoms with E-state index < -0.39 is 0 Å². The zero-order chi connectivity index (χ0) is 19.2. The zero-order valence-electron chi connectivity index (χ0n) is 16.3. The van der Waals surface area contributed by atoms with Crippen molar-refractivity contribution >= 4 is 11.3 Å². The molecule has 0 radical (unpaired) electrons. The second-order valence-corrected chi connectivity index (χ2v) is 8.24. The lowest BCUT2D eigenvalue weighted by atomic mass is 10.0. The maximum absolute atomic E-state index is 5.35. The minimum Gasteiger partial charge on any atom is -0.497 e. The van der Waals surface area contributed by atoms with Crippen LogP contribution >= 0.6 is 11.3 Å². The maximum Gasteiger partial charge on any atom is 0.119 e. The zero-order valence-corrected chi connectivity index (χ0v) is 17.1. The molecule has 1 N–H and O–H groups in total. The lowest BCUT2D eigenvalue weighted by molar-refractivity contribution is 0.182. The Kier molecular flexibility index (Phi) is 6.37. The topological polar surface area (TPSA) is 37.4 Å². The maximum atomic E-state index is 5.35. The van der Waals surface area contributed by atoms with E-state index in [1.54, 1.807) is 18.4 Å². The van der Waals surface area contributed by atoms with Crippen LogP contribution in [0.25, 0.3) is 11.3 Å². The molecule has 0 bridgehead atoms. The first kappa shape index (κ1) is 19.1. The van der Waals surface area contributed by atoms with Crippen LogP contribution in [0.15, 0.2) is 60.0 Å². The predicted octanol–water partition coefficient (Wildman–Crippen LogP) is 4.57. The first-order valence-corrected chi connectivity index (χ1v) is 10.8. The highest BCUT2D eigenvalue weighted by molar-refractivity contribution is 7.09. The van der Waals surface area contributed by atoms with E-state index in [1.807, 2.05) is 12.1 Å². The van der Waals surface area contributed by atoms with Crippen molar-refractivity contribution in [3.63, 3.8) is 0 Å². The van der Waals surface area contributed by atoms with Crippen LogP contribution in [0.1, 0.15) is 23.4 Å². The fraction of sp³-hybridized carbons (Fsp3) is 0.348. The molecule has 0 spiro atoms. The van der Waals surface area contributed by atoms with Crippen molar-refractivity contribution in [2.45, 2.75) is 32.0 Å². The second-order valence-electron chi connectivity index (χ2n) is 7.30. The number of likely N-dealkylation sites (tertiary alicyclic amines) is 1. The summed E-state index contributed by atoms with van der Waals surface area (Å²) in [7, 11) is 1.72. The number of thiazole rings is 1. The number of hydrogen-bond donors (Lipinski definition) is 1. The molecule has 0 amide bonds. The number of nitrogens with zero attached hydrogens (tertiary/aromatic N) is 2. The van der Waals surface area contributed by atoms with Crippen molar-refractivity contribution in [3.8, 4) is 17.0 Å². The van der Waals surface area contributed by atoms with Crippen molar-refractivity contribution in [2.24, 2.45) is 0 Å². The molecule has 4 nitrogen and oxygen atoms in total. The molecule has 1 aromatic heterocycles. The lowest BCUT2D eigenvalue weighted by Gasteiger charge is -2.33. The summed E-state index contributed by atoms with van der Waals surface area (Å²) in [6.07, 6.45) is 2.46. The van der Waals surface area contributed by atoms with E-state index in [2.05, 4.69) is 58.1 Å². The third-order valence-electron chi connectivity index (χ3n) is 5.21. The molecule has 0 aliphatic carbocycles. The third-order valence-corrected chi connectivity index (χ3v) is 6.06.